The van der Waals surface area contributed by atoms with Crippen LogP contribution in [0.5, 0.6) is 0 Å². The minimum atomic E-state index is -0.688. The molecule has 0 aliphatic heterocycles. The third-order valence-corrected chi connectivity index (χ3v) is 2.70. The van der Waals surface area contributed by atoms with Crippen molar-refractivity contribution in [2.45, 2.75) is 18.4 Å². The van der Waals surface area contributed by atoms with Crippen LogP contribution in [0.3, 0.4) is 0 Å². The predicted molar refractivity (Wildman–Crippen MR) is 50.3 cm³/mol. The van der Waals surface area contributed by atoms with Gasteiger partial charge in [0, 0.05) is 6.20 Å². The average Bonchev–Trinajstić information content (AvgIpc) is 2.99. The molecule has 0 aromatic carbocycles. The second kappa shape index (κ2) is 3.07. The topological polar surface area (TPSA) is 98.9 Å². The summed E-state index contributed by atoms with van der Waals surface area (Å²) in [5, 5.41) is 17.8. The number of hydrogen-bond acceptors (Lipinski definition) is 4. The maximum absolute atomic E-state index is 11.4. The van der Waals surface area contributed by atoms with Gasteiger partial charge in [-0.2, -0.15) is 5.26 Å². The highest BCUT2D eigenvalue weighted by Gasteiger charge is 2.45. The van der Waals surface area contributed by atoms with E-state index in [1.165, 1.54) is 10.8 Å². The van der Waals surface area contributed by atoms with Gasteiger partial charge in [0.1, 0.15) is 11.6 Å². The highest BCUT2D eigenvalue weighted by molar-refractivity contribution is 5.23. The Balaban J connectivity index is 2.64. The molecule has 0 saturated heterocycles. The van der Waals surface area contributed by atoms with Crippen LogP contribution < -0.4 is 11.2 Å². The van der Waals surface area contributed by atoms with Crippen LogP contribution in [0, 0.1) is 11.3 Å². The summed E-state index contributed by atoms with van der Waals surface area (Å²) in [5.41, 5.74) is -1.99. The zero-order valence-corrected chi connectivity index (χ0v) is 7.86. The molecule has 0 atom stereocenters. The van der Waals surface area contributed by atoms with Crippen LogP contribution >= 0.6 is 0 Å². The second-order valence-electron chi connectivity index (χ2n) is 3.67. The molecule has 0 amide bonds. The highest BCUT2D eigenvalue weighted by atomic mass is 16.3. The first kappa shape index (κ1) is 9.68. The number of aliphatic hydroxyl groups excluding tert-OH is 1. The van der Waals surface area contributed by atoms with Gasteiger partial charge < -0.3 is 5.11 Å². The molecule has 1 heterocycles. The smallest absolute Gasteiger partial charge is 0.328 e. The number of aromatic amines is 1. The summed E-state index contributed by atoms with van der Waals surface area (Å²) in [6.45, 7) is -0.163. The minimum Gasteiger partial charge on any atom is -0.394 e. The van der Waals surface area contributed by atoms with Crippen molar-refractivity contribution >= 4 is 0 Å². The van der Waals surface area contributed by atoms with Crippen molar-refractivity contribution in [3.05, 3.63) is 32.6 Å². The van der Waals surface area contributed by atoms with Crippen molar-refractivity contribution in [1.82, 2.24) is 9.55 Å². The van der Waals surface area contributed by atoms with Crippen molar-refractivity contribution in [1.29, 1.82) is 5.26 Å². The number of aromatic nitrogens is 2. The Bertz CT molecular complexity index is 545. The van der Waals surface area contributed by atoms with Crippen LogP contribution in [0.4, 0.5) is 0 Å². The molecule has 6 nitrogen and oxygen atoms in total. The summed E-state index contributed by atoms with van der Waals surface area (Å²) in [6, 6.07) is 1.70. The van der Waals surface area contributed by atoms with E-state index in [0.717, 1.165) is 0 Å². The van der Waals surface area contributed by atoms with Crippen molar-refractivity contribution in [3.63, 3.8) is 0 Å². The third kappa shape index (κ3) is 1.37. The Kier molecular flexibility index (Phi) is 1.98. The van der Waals surface area contributed by atoms with Crippen LogP contribution in [-0.4, -0.2) is 21.3 Å². The standard InChI is InChI=1S/C9H9N3O3/c10-3-6-4-12(8(15)11-7(6)14)9(5-13)1-2-9/h4,13H,1-2,5H2,(H,11,14,15). The zero-order valence-electron chi connectivity index (χ0n) is 7.86. The summed E-state index contributed by atoms with van der Waals surface area (Å²) in [5.74, 6) is 0. The molecule has 1 aliphatic rings. The maximum atomic E-state index is 11.4. The van der Waals surface area contributed by atoms with Gasteiger partial charge in [0.05, 0.1) is 12.1 Å². The van der Waals surface area contributed by atoms with Gasteiger partial charge in [-0.3, -0.25) is 14.3 Å². The number of nitrogens with one attached hydrogen (secondary N) is 1. The van der Waals surface area contributed by atoms with Crippen molar-refractivity contribution in [2.75, 3.05) is 6.61 Å². The lowest BCUT2D eigenvalue weighted by molar-refractivity contribution is 0.208. The van der Waals surface area contributed by atoms with Gasteiger partial charge in [-0.1, -0.05) is 0 Å². The minimum absolute atomic E-state index is 0.116. The van der Waals surface area contributed by atoms with Crippen LogP contribution in [0.25, 0.3) is 0 Å². The number of nitriles is 1. The Morgan fingerprint density at radius 1 is 1.60 bits per heavy atom. The van der Waals surface area contributed by atoms with E-state index in [1.54, 1.807) is 6.07 Å². The normalized spacial score (nSPS) is 17.1. The fraction of sp³-hybridized carbons (Fsp3) is 0.444. The quantitative estimate of drug-likeness (QED) is 0.642. The first-order valence-electron chi connectivity index (χ1n) is 4.50. The lowest BCUT2D eigenvalue weighted by Gasteiger charge is -2.14. The SMILES string of the molecule is N#Cc1cn(C2(CO)CC2)c(=O)[nH]c1=O. The first-order chi connectivity index (χ1) is 7.13. The second-order valence-corrected chi connectivity index (χ2v) is 3.67. The van der Waals surface area contributed by atoms with Gasteiger partial charge in [-0.15, -0.1) is 0 Å². The van der Waals surface area contributed by atoms with Crippen molar-refractivity contribution in [2.24, 2.45) is 0 Å². The van der Waals surface area contributed by atoms with Gasteiger partial charge in [-0.25, -0.2) is 4.79 Å². The summed E-state index contributed by atoms with van der Waals surface area (Å²) in [4.78, 5) is 24.6. The molecule has 1 saturated carbocycles. The number of nitrogens with zero attached hydrogens (tertiary/aromatic N) is 2. The van der Waals surface area contributed by atoms with E-state index in [0.29, 0.717) is 12.8 Å². The fourth-order valence-electron chi connectivity index (χ4n) is 1.52. The number of H-pyrrole nitrogens is 1. The van der Waals surface area contributed by atoms with Crippen LogP contribution in [0.15, 0.2) is 15.8 Å². The molecule has 1 aliphatic carbocycles. The molecule has 1 aromatic heterocycles. The highest BCUT2D eigenvalue weighted by Crippen LogP contribution is 2.41. The molecule has 15 heavy (non-hydrogen) atoms. The van der Waals surface area contributed by atoms with E-state index in [2.05, 4.69) is 4.98 Å². The lowest BCUT2D eigenvalue weighted by Crippen LogP contribution is -2.38. The van der Waals surface area contributed by atoms with Crippen LogP contribution in [-0.2, 0) is 5.54 Å². The summed E-state index contributed by atoms with van der Waals surface area (Å²) >= 11 is 0. The van der Waals surface area contributed by atoms with E-state index in [9.17, 15) is 9.59 Å². The van der Waals surface area contributed by atoms with E-state index in [4.69, 9.17) is 10.4 Å². The zero-order chi connectivity index (χ0) is 11.1. The molecule has 6 heteroatoms. The van der Waals surface area contributed by atoms with E-state index in [-0.39, 0.29) is 12.2 Å². The molecule has 0 bridgehead atoms. The average molecular weight is 207 g/mol. The summed E-state index contributed by atoms with van der Waals surface area (Å²) < 4.78 is 1.24. The van der Waals surface area contributed by atoms with Crippen molar-refractivity contribution in [3.8, 4) is 6.07 Å². The molecular formula is C9H9N3O3. The number of rotatable bonds is 2. The Morgan fingerprint density at radius 3 is 2.73 bits per heavy atom. The van der Waals surface area contributed by atoms with Gasteiger partial charge in [0.25, 0.3) is 5.56 Å². The lowest BCUT2D eigenvalue weighted by atomic mass is 10.2. The molecule has 1 fully saturated rings. The number of aliphatic hydroxyl groups is 1. The van der Waals surface area contributed by atoms with E-state index in [1.807, 2.05) is 0 Å². The Hall–Kier alpha value is -1.87. The molecule has 0 radical (unpaired) electrons. The van der Waals surface area contributed by atoms with Crippen LogP contribution in [0.1, 0.15) is 18.4 Å². The third-order valence-electron chi connectivity index (χ3n) is 2.70. The van der Waals surface area contributed by atoms with Crippen LogP contribution in [0.2, 0.25) is 0 Å². The monoisotopic (exact) mass is 207 g/mol. The molecule has 1 aromatic rings. The Morgan fingerprint density at radius 2 is 2.27 bits per heavy atom. The first-order valence-corrected chi connectivity index (χ1v) is 4.50. The molecular weight excluding hydrogens is 198 g/mol. The van der Waals surface area contributed by atoms with Gasteiger partial charge in [-0.05, 0) is 12.8 Å². The largest absolute Gasteiger partial charge is 0.394 e. The maximum Gasteiger partial charge on any atom is 0.328 e. The molecule has 0 unspecified atom stereocenters. The molecule has 78 valence electrons. The van der Waals surface area contributed by atoms with E-state index >= 15 is 0 Å². The molecule has 0 spiro atoms. The van der Waals surface area contributed by atoms with Gasteiger partial charge in [0.15, 0.2) is 0 Å². The Labute approximate surface area is 84.4 Å². The van der Waals surface area contributed by atoms with Gasteiger partial charge >= 0.3 is 5.69 Å². The molecule has 2 N–H and O–H groups in total. The summed E-state index contributed by atoms with van der Waals surface area (Å²) in [6.07, 6.45) is 2.57. The fourth-order valence-corrected chi connectivity index (χ4v) is 1.52. The summed E-state index contributed by atoms with van der Waals surface area (Å²) in [7, 11) is 0. The number of hydrogen-bond donors (Lipinski definition) is 2. The van der Waals surface area contributed by atoms with E-state index < -0.39 is 16.8 Å². The van der Waals surface area contributed by atoms with Gasteiger partial charge in [0.2, 0.25) is 0 Å². The molecule has 2 rings (SSSR count). The van der Waals surface area contributed by atoms with Crippen molar-refractivity contribution < 1.29 is 5.11 Å². The predicted octanol–water partition coefficient (Wildman–Crippen LogP) is -1.11.